The maximum atomic E-state index is 12.9. The summed E-state index contributed by atoms with van der Waals surface area (Å²) in [6.07, 6.45) is 1.85. The van der Waals surface area contributed by atoms with Gasteiger partial charge in [0.25, 0.3) is 0 Å². The van der Waals surface area contributed by atoms with Gasteiger partial charge in [-0.05, 0) is 17.7 Å². The smallest absolute Gasteiger partial charge is 0.123 e. The van der Waals surface area contributed by atoms with Crippen LogP contribution in [0.4, 0.5) is 4.39 Å². The molecule has 2 rings (SSSR count). The molecule has 1 aromatic carbocycles. The molecule has 2 aromatic rings. The molecular formula is C11H13FN4. The number of benzene rings is 1. The molecule has 4 nitrogen and oxygen atoms in total. The Bertz CT molecular complexity index is 467. The summed E-state index contributed by atoms with van der Waals surface area (Å²) < 4.78 is 14.5. The molecule has 0 saturated carbocycles. The number of rotatable bonds is 4. The molecule has 84 valence electrons. The lowest BCUT2D eigenvalue weighted by Crippen LogP contribution is -2.13. The second-order valence-electron chi connectivity index (χ2n) is 3.62. The second kappa shape index (κ2) is 4.85. The Morgan fingerprint density at radius 3 is 2.94 bits per heavy atom. The van der Waals surface area contributed by atoms with Crippen LogP contribution >= 0.6 is 0 Å². The molecule has 0 saturated heterocycles. The Labute approximate surface area is 93.1 Å². The van der Waals surface area contributed by atoms with Crippen molar-refractivity contribution in [2.75, 3.05) is 0 Å². The van der Waals surface area contributed by atoms with Gasteiger partial charge in [-0.3, -0.25) is 4.68 Å². The minimum absolute atomic E-state index is 0.209. The molecule has 0 radical (unpaired) electrons. The molecule has 0 aliphatic heterocycles. The van der Waals surface area contributed by atoms with Gasteiger partial charge in [-0.25, -0.2) is 4.39 Å². The van der Waals surface area contributed by atoms with Gasteiger partial charge in [0.15, 0.2) is 0 Å². The molecule has 0 amide bonds. The van der Waals surface area contributed by atoms with Crippen molar-refractivity contribution in [1.82, 2.24) is 20.3 Å². The van der Waals surface area contributed by atoms with E-state index in [0.717, 1.165) is 11.3 Å². The molecule has 0 aliphatic rings. The van der Waals surface area contributed by atoms with Crippen LogP contribution in [0.5, 0.6) is 0 Å². The predicted octanol–water partition coefficient (Wildman–Crippen LogP) is 1.24. The lowest BCUT2D eigenvalue weighted by molar-refractivity contribution is 0.619. The number of halogens is 1. The normalized spacial score (nSPS) is 10.6. The summed E-state index contributed by atoms with van der Waals surface area (Å²) in [5.41, 5.74) is 1.79. The van der Waals surface area contributed by atoms with Crippen molar-refractivity contribution in [2.45, 2.75) is 13.1 Å². The molecule has 0 spiro atoms. The minimum Gasteiger partial charge on any atom is -0.307 e. The lowest BCUT2D eigenvalue weighted by atomic mass is 10.2. The quantitative estimate of drug-likeness (QED) is 0.843. The van der Waals surface area contributed by atoms with Gasteiger partial charge >= 0.3 is 0 Å². The molecule has 0 bridgehead atoms. The first-order chi connectivity index (χ1) is 7.74. The fourth-order valence-corrected chi connectivity index (χ4v) is 1.46. The van der Waals surface area contributed by atoms with E-state index >= 15 is 0 Å². The molecule has 0 unspecified atom stereocenters. The zero-order chi connectivity index (χ0) is 11.4. The molecule has 0 aliphatic carbocycles. The molecule has 1 N–H and O–H groups in total. The SMILES string of the molecule is Cn1cc(CNCc2cccc(F)c2)nn1. The predicted molar refractivity (Wildman–Crippen MR) is 57.9 cm³/mol. The molecule has 1 aromatic heterocycles. The number of aryl methyl sites for hydroxylation is 1. The third-order valence-electron chi connectivity index (χ3n) is 2.17. The van der Waals surface area contributed by atoms with Crippen molar-refractivity contribution >= 4 is 0 Å². The van der Waals surface area contributed by atoms with Crippen LogP contribution in [0.3, 0.4) is 0 Å². The third-order valence-corrected chi connectivity index (χ3v) is 2.17. The average molecular weight is 220 g/mol. The van der Waals surface area contributed by atoms with Crippen molar-refractivity contribution in [3.05, 3.63) is 47.5 Å². The first-order valence-electron chi connectivity index (χ1n) is 5.04. The largest absolute Gasteiger partial charge is 0.307 e. The van der Waals surface area contributed by atoms with Crippen LogP contribution in [0.15, 0.2) is 30.5 Å². The van der Waals surface area contributed by atoms with Crippen LogP contribution < -0.4 is 5.32 Å². The van der Waals surface area contributed by atoms with E-state index in [-0.39, 0.29) is 5.82 Å². The summed E-state index contributed by atoms with van der Waals surface area (Å²) in [6.45, 7) is 1.25. The highest BCUT2D eigenvalue weighted by Crippen LogP contribution is 2.03. The number of nitrogens with one attached hydrogen (secondary N) is 1. The van der Waals surface area contributed by atoms with Gasteiger partial charge in [-0.1, -0.05) is 17.3 Å². The van der Waals surface area contributed by atoms with E-state index in [1.807, 2.05) is 19.3 Å². The van der Waals surface area contributed by atoms with Gasteiger partial charge in [-0.2, -0.15) is 0 Å². The first-order valence-corrected chi connectivity index (χ1v) is 5.04. The maximum Gasteiger partial charge on any atom is 0.123 e. The third kappa shape index (κ3) is 2.87. The van der Waals surface area contributed by atoms with Crippen molar-refractivity contribution in [3.63, 3.8) is 0 Å². The van der Waals surface area contributed by atoms with E-state index in [4.69, 9.17) is 0 Å². The average Bonchev–Trinajstić information content (AvgIpc) is 2.64. The van der Waals surface area contributed by atoms with Crippen LogP contribution in [-0.4, -0.2) is 15.0 Å². The highest BCUT2D eigenvalue weighted by Gasteiger charge is 1.98. The van der Waals surface area contributed by atoms with Gasteiger partial charge in [0.1, 0.15) is 5.82 Å². The summed E-state index contributed by atoms with van der Waals surface area (Å²) in [4.78, 5) is 0. The minimum atomic E-state index is -0.209. The molecule has 0 atom stereocenters. The molecule has 1 heterocycles. The summed E-state index contributed by atoms with van der Waals surface area (Å²) in [6, 6.07) is 6.54. The number of hydrogen-bond donors (Lipinski definition) is 1. The van der Waals surface area contributed by atoms with E-state index in [0.29, 0.717) is 13.1 Å². The van der Waals surface area contributed by atoms with Gasteiger partial charge in [0.05, 0.1) is 5.69 Å². The zero-order valence-corrected chi connectivity index (χ0v) is 9.02. The Balaban J connectivity index is 1.84. The van der Waals surface area contributed by atoms with E-state index in [1.165, 1.54) is 12.1 Å². The van der Waals surface area contributed by atoms with Crippen LogP contribution in [-0.2, 0) is 20.1 Å². The number of hydrogen-bond acceptors (Lipinski definition) is 3. The topological polar surface area (TPSA) is 42.7 Å². The number of aromatic nitrogens is 3. The number of nitrogens with zero attached hydrogens (tertiary/aromatic N) is 3. The van der Waals surface area contributed by atoms with Crippen LogP contribution in [0.1, 0.15) is 11.3 Å². The standard InChI is InChI=1S/C11H13FN4/c1-16-8-11(14-15-16)7-13-6-9-3-2-4-10(12)5-9/h2-5,8,13H,6-7H2,1H3. The Morgan fingerprint density at radius 1 is 1.38 bits per heavy atom. The summed E-state index contributed by atoms with van der Waals surface area (Å²) in [7, 11) is 1.82. The molecular weight excluding hydrogens is 207 g/mol. The van der Waals surface area contributed by atoms with Crippen LogP contribution in [0.25, 0.3) is 0 Å². The van der Waals surface area contributed by atoms with E-state index in [1.54, 1.807) is 10.7 Å². The van der Waals surface area contributed by atoms with E-state index in [2.05, 4.69) is 15.6 Å². The summed E-state index contributed by atoms with van der Waals surface area (Å²) >= 11 is 0. The summed E-state index contributed by atoms with van der Waals surface area (Å²) in [5, 5.41) is 10.9. The van der Waals surface area contributed by atoms with Gasteiger partial charge in [0.2, 0.25) is 0 Å². The highest BCUT2D eigenvalue weighted by atomic mass is 19.1. The van der Waals surface area contributed by atoms with Crippen molar-refractivity contribution in [3.8, 4) is 0 Å². The second-order valence-corrected chi connectivity index (χ2v) is 3.62. The monoisotopic (exact) mass is 220 g/mol. The van der Waals surface area contributed by atoms with E-state index < -0.39 is 0 Å². The van der Waals surface area contributed by atoms with Crippen LogP contribution in [0, 0.1) is 5.82 Å². The Morgan fingerprint density at radius 2 is 2.25 bits per heavy atom. The highest BCUT2D eigenvalue weighted by molar-refractivity contribution is 5.16. The Kier molecular flexibility index (Phi) is 3.26. The maximum absolute atomic E-state index is 12.9. The van der Waals surface area contributed by atoms with Gasteiger partial charge in [-0.15, -0.1) is 5.10 Å². The van der Waals surface area contributed by atoms with E-state index in [9.17, 15) is 4.39 Å². The van der Waals surface area contributed by atoms with Crippen molar-refractivity contribution < 1.29 is 4.39 Å². The Hall–Kier alpha value is -1.75. The molecule has 5 heteroatoms. The van der Waals surface area contributed by atoms with Gasteiger partial charge in [0, 0.05) is 26.3 Å². The fourth-order valence-electron chi connectivity index (χ4n) is 1.46. The van der Waals surface area contributed by atoms with Gasteiger partial charge < -0.3 is 5.32 Å². The van der Waals surface area contributed by atoms with Crippen LogP contribution in [0.2, 0.25) is 0 Å². The first kappa shape index (κ1) is 10.8. The lowest BCUT2D eigenvalue weighted by Gasteiger charge is -2.02. The van der Waals surface area contributed by atoms with Crippen molar-refractivity contribution in [1.29, 1.82) is 0 Å². The molecule has 0 fully saturated rings. The zero-order valence-electron chi connectivity index (χ0n) is 9.02. The molecule has 16 heavy (non-hydrogen) atoms. The fraction of sp³-hybridized carbons (Fsp3) is 0.273. The summed E-state index contributed by atoms with van der Waals surface area (Å²) in [5.74, 6) is -0.209. The van der Waals surface area contributed by atoms with Crippen molar-refractivity contribution in [2.24, 2.45) is 7.05 Å².